The first kappa shape index (κ1) is 28.8. The summed E-state index contributed by atoms with van der Waals surface area (Å²) in [5.41, 5.74) is 0.851. The molecule has 2 amide bonds. The van der Waals surface area contributed by atoms with Gasteiger partial charge in [-0.3, -0.25) is 4.79 Å². The van der Waals surface area contributed by atoms with Crippen molar-refractivity contribution in [3.05, 3.63) is 72.3 Å². The molecule has 4 aromatic rings. The zero-order chi connectivity index (χ0) is 30.0. The summed E-state index contributed by atoms with van der Waals surface area (Å²) in [5, 5.41) is 5.73. The molecule has 0 saturated carbocycles. The number of imidazole rings is 1. The van der Waals surface area contributed by atoms with Crippen molar-refractivity contribution in [1.82, 2.24) is 19.7 Å². The van der Waals surface area contributed by atoms with Gasteiger partial charge in [0.2, 0.25) is 0 Å². The summed E-state index contributed by atoms with van der Waals surface area (Å²) in [5.74, 6) is -1.36. The molecule has 220 valence electrons. The number of methoxy groups -OCH3 is 1. The molecular formula is C30H32F2N6O4. The highest BCUT2D eigenvalue weighted by Gasteiger charge is 2.26. The standard InChI is InChI=1S/C30H32F2N6O4/c1-30(2,3)42-29(40)34-19-10-13-37(14-11-19)23-16-18(31)8-9-21(23)36-28(39)22-17-38-15-12-33-27(38)26(35-22)25-20(32)6-5-7-24(25)41-4/h5-9,12,15-17,19H,10-11,13-14H2,1-4H3,(H,34,40)(H,36,39). The van der Waals surface area contributed by atoms with Crippen LogP contribution < -0.4 is 20.3 Å². The van der Waals surface area contributed by atoms with Gasteiger partial charge in [0.25, 0.3) is 5.91 Å². The highest BCUT2D eigenvalue weighted by atomic mass is 19.1. The normalized spacial score (nSPS) is 14.1. The highest BCUT2D eigenvalue weighted by molar-refractivity contribution is 6.05. The van der Waals surface area contributed by atoms with Crippen LogP contribution >= 0.6 is 0 Å². The average Bonchev–Trinajstić information content (AvgIpc) is 3.42. The topological polar surface area (TPSA) is 110 Å². The summed E-state index contributed by atoms with van der Waals surface area (Å²) in [6, 6.07) is 8.42. The number of piperidine rings is 1. The van der Waals surface area contributed by atoms with Gasteiger partial charge in [-0.2, -0.15) is 0 Å². The number of rotatable bonds is 6. The minimum atomic E-state index is -0.598. The van der Waals surface area contributed by atoms with E-state index in [0.29, 0.717) is 43.0 Å². The molecule has 42 heavy (non-hydrogen) atoms. The fourth-order valence-electron chi connectivity index (χ4n) is 4.91. The Morgan fingerprint density at radius 1 is 1.10 bits per heavy atom. The zero-order valence-corrected chi connectivity index (χ0v) is 23.8. The lowest BCUT2D eigenvalue weighted by Gasteiger charge is -2.35. The van der Waals surface area contributed by atoms with Crippen LogP contribution in [0.5, 0.6) is 5.75 Å². The van der Waals surface area contributed by atoms with E-state index in [1.165, 1.54) is 49.8 Å². The molecule has 2 aromatic carbocycles. The Balaban J connectivity index is 1.38. The number of hydrogen-bond acceptors (Lipinski definition) is 7. The number of ether oxygens (including phenoxy) is 2. The fraction of sp³-hybridized carbons (Fsp3) is 0.333. The first-order chi connectivity index (χ1) is 20.0. The number of carbonyl (C=O) groups is 2. The van der Waals surface area contributed by atoms with Gasteiger partial charge in [-0.25, -0.2) is 23.5 Å². The Labute approximate surface area is 241 Å². The Kier molecular flexibility index (Phi) is 7.97. The third kappa shape index (κ3) is 6.27. The van der Waals surface area contributed by atoms with Gasteiger partial charge in [0.15, 0.2) is 5.65 Å². The van der Waals surface area contributed by atoms with Crippen LogP contribution in [0.4, 0.5) is 25.0 Å². The lowest BCUT2D eigenvalue weighted by atomic mass is 10.0. The van der Waals surface area contributed by atoms with Crippen molar-refractivity contribution < 1.29 is 27.8 Å². The molecule has 3 heterocycles. The number of alkyl carbamates (subject to hydrolysis) is 1. The van der Waals surface area contributed by atoms with E-state index in [1.54, 1.807) is 37.4 Å². The lowest BCUT2D eigenvalue weighted by Crippen LogP contribution is -2.46. The SMILES string of the molecule is COc1cccc(F)c1-c1nc(C(=O)Nc2ccc(F)cc2N2CCC(NC(=O)OC(C)(C)C)CC2)cn2ccnc12. The summed E-state index contributed by atoms with van der Waals surface area (Å²) < 4.78 is 41.6. The predicted molar refractivity (Wildman–Crippen MR) is 154 cm³/mol. The Bertz CT molecular complexity index is 1630. The summed E-state index contributed by atoms with van der Waals surface area (Å²) >= 11 is 0. The van der Waals surface area contributed by atoms with Crippen molar-refractivity contribution in [3.63, 3.8) is 0 Å². The maximum absolute atomic E-state index is 15.0. The largest absolute Gasteiger partial charge is 0.496 e. The molecule has 1 saturated heterocycles. The molecule has 1 aliphatic rings. The minimum absolute atomic E-state index is 0.00338. The second-order valence-corrected chi connectivity index (χ2v) is 11.0. The van der Waals surface area contributed by atoms with Crippen LogP contribution in [0.1, 0.15) is 44.1 Å². The molecule has 12 heteroatoms. The van der Waals surface area contributed by atoms with Crippen molar-refractivity contribution in [3.8, 4) is 17.0 Å². The van der Waals surface area contributed by atoms with Gasteiger partial charge in [-0.1, -0.05) is 6.07 Å². The maximum Gasteiger partial charge on any atom is 0.407 e. The second kappa shape index (κ2) is 11.6. The summed E-state index contributed by atoms with van der Waals surface area (Å²) in [7, 11) is 1.42. The van der Waals surface area contributed by atoms with Crippen molar-refractivity contribution in [2.45, 2.75) is 45.3 Å². The van der Waals surface area contributed by atoms with Crippen LogP contribution in [0.15, 0.2) is 55.0 Å². The van der Waals surface area contributed by atoms with Crippen LogP contribution in [0.25, 0.3) is 16.9 Å². The van der Waals surface area contributed by atoms with Gasteiger partial charge in [0.1, 0.15) is 34.4 Å². The number of anilines is 2. The van der Waals surface area contributed by atoms with Gasteiger partial charge >= 0.3 is 6.09 Å². The molecule has 1 fully saturated rings. The fourth-order valence-corrected chi connectivity index (χ4v) is 4.91. The molecule has 0 atom stereocenters. The molecule has 0 radical (unpaired) electrons. The third-order valence-electron chi connectivity index (χ3n) is 6.80. The number of amides is 2. The number of nitrogens with zero attached hydrogens (tertiary/aromatic N) is 4. The van der Waals surface area contributed by atoms with E-state index in [-0.39, 0.29) is 28.7 Å². The summed E-state index contributed by atoms with van der Waals surface area (Å²) in [6.07, 6.45) is 5.38. The van der Waals surface area contributed by atoms with Gasteiger partial charge in [-0.05, 0) is 63.9 Å². The van der Waals surface area contributed by atoms with Gasteiger partial charge in [0, 0.05) is 37.7 Å². The third-order valence-corrected chi connectivity index (χ3v) is 6.80. The number of fused-ring (bicyclic) bond motifs is 1. The van der Waals surface area contributed by atoms with Crippen molar-refractivity contribution >= 4 is 29.0 Å². The van der Waals surface area contributed by atoms with Crippen molar-refractivity contribution in [1.29, 1.82) is 0 Å². The van der Waals surface area contributed by atoms with Crippen molar-refractivity contribution in [2.24, 2.45) is 0 Å². The van der Waals surface area contributed by atoms with Gasteiger partial charge < -0.3 is 29.4 Å². The predicted octanol–water partition coefficient (Wildman–Crippen LogP) is 5.43. The van der Waals surface area contributed by atoms with E-state index in [9.17, 15) is 18.4 Å². The monoisotopic (exact) mass is 578 g/mol. The number of hydrogen-bond donors (Lipinski definition) is 2. The number of carbonyl (C=O) groups excluding carboxylic acids is 2. The van der Waals surface area contributed by atoms with Crippen LogP contribution in [0.2, 0.25) is 0 Å². The minimum Gasteiger partial charge on any atom is -0.496 e. The molecule has 1 aliphatic heterocycles. The molecule has 2 aromatic heterocycles. The van der Waals surface area contributed by atoms with E-state index < -0.39 is 29.2 Å². The van der Waals surface area contributed by atoms with Crippen LogP contribution in [-0.4, -0.2) is 58.2 Å². The van der Waals surface area contributed by atoms with E-state index in [1.807, 2.05) is 4.90 Å². The van der Waals surface area contributed by atoms with E-state index >= 15 is 0 Å². The molecule has 0 aliphatic carbocycles. The number of benzene rings is 2. The zero-order valence-electron chi connectivity index (χ0n) is 23.8. The van der Waals surface area contributed by atoms with Gasteiger partial charge in [-0.15, -0.1) is 0 Å². The Hall–Kier alpha value is -4.74. The summed E-state index contributed by atoms with van der Waals surface area (Å²) in [4.78, 5) is 36.4. The molecule has 0 bridgehead atoms. The Morgan fingerprint density at radius 2 is 1.86 bits per heavy atom. The first-order valence-corrected chi connectivity index (χ1v) is 13.5. The molecular weight excluding hydrogens is 546 g/mol. The molecule has 2 N–H and O–H groups in total. The Morgan fingerprint density at radius 3 is 2.57 bits per heavy atom. The maximum atomic E-state index is 15.0. The van der Waals surface area contributed by atoms with Crippen LogP contribution in [0, 0.1) is 11.6 Å². The van der Waals surface area contributed by atoms with Crippen LogP contribution in [-0.2, 0) is 4.74 Å². The summed E-state index contributed by atoms with van der Waals surface area (Å²) in [6.45, 7) is 6.44. The molecule has 5 rings (SSSR count). The van der Waals surface area contributed by atoms with E-state index in [4.69, 9.17) is 9.47 Å². The highest BCUT2D eigenvalue weighted by Crippen LogP contribution is 2.34. The first-order valence-electron chi connectivity index (χ1n) is 13.5. The molecule has 10 nitrogen and oxygen atoms in total. The lowest BCUT2D eigenvalue weighted by molar-refractivity contribution is 0.0497. The average molecular weight is 579 g/mol. The molecule has 0 unspecified atom stereocenters. The van der Waals surface area contributed by atoms with Crippen molar-refractivity contribution in [2.75, 3.05) is 30.4 Å². The van der Waals surface area contributed by atoms with Crippen LogP contribution in [0.3, 0.4) is 0 Å². The van der Waals surface area contributed by atoms with E-state index in [2.05, 4.69) is 20.6 Å². The smallest absolute Gasteiger partial charge is 0.407 e. The molecule has 0 spiro atoms. The quantitative estimate of drug-likeness (QED) is 0.314. The number of aromatic nitrogens is 3. The van der Waals surface area contributed by atoms with E-state index in [0.717, 1.165) is 0 Å². The second-order valence-electron chi connectivity index (χ2n) is 11.0. The number of nitrogens with one attached hydrogen (secondary N) is 2. The van der Waals surface area contributed by atoms with Gasteiger partial charge in [0.05, 0.1) is 24.0 Å². The number of halogens is 2.